The first-order valence-electron chi connectivity index (χ1n) is 15.4. The number of hydrogen-bond acceptors (Lipinski definition) is 11. The molecule has 0 radical (unpaired) electrons. The summed E-state index contributed by atoms with van der Waals surface area (Å²) >= 11 is 0. The van der Waals surface area contributed by atoms with Crippen LogP contribution in [0.2, 0.25) is 0 Å². The molecule has 3 heterocycles. The highest BCUT2D eigenvalue weighted by Gasteiger charge is 2.54. The number of nitrogens with two attached hydrogens (primary N) is 1. The van der Waals surface area contributed by atoms with Crippen molar-refractivity contribution in [2.75, 3.05) is 12.3 Å². The topological polar surface area (TPSA) is 180 Å². The van der Waals surface area contributed by atoms with E-state index in [4.69, 9.17) is 24.3 Å². The number of carbonyl (C=O) groups is 1. The Morgan fingerprint density at radius 2 is 1.87 bits per heavy atom. The van der Waals surface area contributed by atoms with Gasteiger partial charge in [-0.2, -0.15) is 10.2 Å². The number of nitrogen functional groups attached to an aromatic ring is 1. The van der Waals surface area contributed by atoms with Crippen molar-refractivity contribution in [3.8, 4) is 5.75 Å². The van der Waals surface area contributed by atoms with Gasteiger partial charge in [-0.05, 0) is 74.8 Å². The van der Waals surface area contributed by atoms with E-state index >= 15 is 0 Å². The summed E-state index contributed by atoms with van der Waals surface area (Å²) in [4.78, 5) is 16.9. The normalized spacial score (nSPS) is 26.4. The van der Waals surface area contributed by atoms with E-state index in [1.165, 1.54) is 17.8 Å². The van der Waals surface area contributed by atoms with Gasteiger partial charge in [-0.1, -0.05) is 39.3 Å². The lowest BCUT2D eigenvalue weighted by molar-refractivity contribution is -0.152. The first kappa shape index (κ1) is 33.3. The maximum atomic E-state index is 14.2. The quantitative estimate of drug-likeness (QED) is 0.184. The van der Waals surface area contributed by atoms with Gasteiger partial charge < -0.3 is 29.9 Å². The molecule has 6 atom stereocenters. The number of nitrogens with one attached hydrogen (secondary N) is 1. The Kier molecular flexibility index (Phi) is 9.61. The molecule has 1 aromatic carbocycles. The van der Waals surface area contributed by atoms with E-state index in [0.29, 0.717) is 11.2 Å². The number of ether oxygens (including phenoxy) is 2. The summed E-state index contributed by atoms with van der Waals surface area (Å²) in [7, 11) is -4.27. The Hall–Kier alpha value is -3.06. The molecule has 2 fully saturated rings. The largest absolute Gasteiger partial charge is 0.461 e. The zero-order valence-electron chi connectivity index (χ0n) is 26.4. The monoisotopic (exact) mass is 645 g/mol. The van der Waals surface area contributed by atoms with Crippen LogP contribution in [0, 0.1) is 0 Å². The van der Waals surface area contributed by atoms with Crippen molar-refractivity contribution in [1.29, 1.82) is 0 Å². The molecule has 2 aromatic heterocycles. The van der Waals surface area contributed by atoms with E-state index in [-0.39, 0.29) is 23.1 Å². The summed E-state index contributed by atoms with van der Waals surface area (Å²) in [6.45, 7) is 8.92. The van der Waals surface area contributed by atoms with Crippen LogP contribution in [0.25, 0.3) is 5.52 Å². The minimum absolute atomic E-state index is 0.110. The van der Waals surface area contributed by atoms with Gasteiger partial charge in [0.25, 0.3) is 0 Å². The second-order valence-electron chi connectivity index (χ2n) is 13.1. The Labute approximate surface area is 263 Å². The number of nitrogens with zero attached hydrogens (tertiary/aromatic N) is 3. The number of aliphatic hydroxyl groups is 2. The van der Waals surface area contributed by atoms with Gasteiger partial charge in [0.15, 0.2) is 5.82 Å². The summed E-state index contributed by atoms with van der Waals surface area (Å²) in [5, 5.41) is 29.1. The number of esters is 1. The Morgan fingerprint density at radius 3 is 2.53 bits per heavy atom. The molecular weight excluding hydrogens is 601 g/mol. The fourth-order valence-corrected chi connectivity index (χ4v) is 7.31. The van der Waals surface area contributed by atoms with Crippen LogP contribution in [0.5, 0.6) is 5.75 Å². The first-order valence-corrected chi connectivity index (χ1v) is 16.9. The lowest BCUT2D eigenvalue weighted by Gasteiger charge is -2.28. The molecule has 1 saturated carbocycles. The van der Waals surface area contributed by atoms with E-state index < -0.39 is 50.3 Å². The minimum atomic E-state index is -4.27. The molecular formula is C31H44N5O8P. The van der Waals surface area contributed by atoms with E-state index in [9.17, 15) is 19.6 Å². The Morgan fingerprint density at radius 1 is 1.18 bits per heavy atom. The van der Waals surface area contributed by atoms with E-state index in [1.54, 1.807) is 31.2 Å². The smallest absolute Gasteiger partial charge is 0.459 e. The van der Waals surface area contributed by atoms with Crippen LogP contribution in [0.15, 0.2) is 42.7 Å². The van der Waals surface area contributed by atoms with Gasteiger partial charge in [-0.15, -0.1) is 0 Å². The first-order chi connectivity index (χ1) is 21.2. The van der Waals surface area contributed by atoms with Crippen molar-refractivity contribution in [3.05, 3.63) is 54.0 Å². The molecule has 14 heteroatoms. The highest BCUT2D eigenvalue weighted by atomic mass is 31.2. The Bertz CT molecular complexity index is 1540. The highest BCUT2D eigenvalue weighted by Crippen LogP contribution is 2.47. The van der Waals surface area contributed by atoms with E-state index in [0.717, 1.165) is 37.7 Å². The van der Waals surface area contributed by atoms with Gasteiger partial charge in [0.1, 0.15) is 53.7 Å². The molecule has 1 unspecified atom stereocenters. The summed E-state index contributed by atoms with van der Waals surface area (Å²) in [5.74, 6) is -0.0797. The van der Waals surface area contributed by atoms with E-state index in [1.807, 2.05) is 12.1 Å². The lowest BCUT2D eigenvalue weighted by Crippen LogP contribution is -2.40. The second-order valence-corrected chi connectivity index (χ2v) is 14.8. The fourth-order valence-electron chi connectivity index (χ4n) is 5.81. The van der Waals surface area contributed by atoms with Gasteiger partial charge in [-0.3, -0.25) is 9.32 Å². The number of carbonyl (C=O) groups excluding carboxylic acids is 1. The average Bonchev–Trinajstić information content (AvgIpc) is 3.53. The van der Waals surface area contributed by atoms with Gasteiger partial charge in [0, 0.05) is 0 Å². The van der Waals surface area contributed by atoms with Crippen LogP contribution in [-0.2, 0) is 34.4 Å². The zero-order valence-corrected chi connectivity index (χ0v) is 27.3. The Balaban J connectivity index is 1.34. The van der Waals surface area contributed by atoms with Crippen molar-refractivity contribution in [2.45, 2.75) is 108 Å². The number of benzene rings is 1. The van der Waals surface area contributed by atoms with Crippen molar-refractivity contribution in [1.82, 2.24) is 19.7 Å². The number of rotatable bonds is 10. The SMILES string of the molecule is C[C@H](NP(=O)(OC[C@H]1O[C@@](C)(c2ccc3c(N)ncnn23)[C@H](O)[C@@H]1O)Oc1ccc(C(C)(C)C)cc1)C(=O)OC1CCCCC1. The zero-order chi connectivity index (χ0) is 32.6. The molecule has 5 N–H and O–H groups in total. The number of aromatic nitrogens is 3. The van der Waals surface area contributed by atoms with Crippen molar-refractivity contribution < 1.29 is 38.1 Å². The lowest BCUT2D eigenvalue weighted by atomic mass is 9.87. The predicted molar refractivity (Wildman–Crippen MR) is 167 cm³/mol. The molecule has 1 aliphatic heterocycles. The standard InChI is InChI=1S/C31H44N5O8P/c1-19(29(39)42-21-9-7-6-8-10-21)35-45(40,44-22-13-11-20(12-14-22)30(2,3)4)41-17-24-26(37)27(38)31(5,43-24)25-16-15-23-28(32)33-18-34-36(23)25/h11-16,18-19,21,24,26-27,37-38H,6-10,17H2,1-5H3,(H,35,40)(H2,32,33,34)/t19-,24+,26+,27+,31-,45?/m0/s1. The van der Waals surface area contributed by atoms with Crippen molar-refractivity contribution >= 4 is 25.1 Å². The molecule has 5 rings (SSSR count). The van der Waals surface area contributed by atoms with Crippen molar-refractivity contribution in [3.63, 3.8) is 0 Å². The van der Waals surface area contributed by atoms with E-state index in [2.05, 4.69) is 35.9 Å². The molecule has 2 aliphatic rings. The third-order valence-corrected chi connectivity index (χ3v) is 10.2. The average molecular weight is 646 g/mol. The van der Waals surface area contributed by atoms with Crippen LogP contribution >= 0.6 is 7.75 Å². The van der Waals surface area contributed by atoms with Crippen LogP contribution in [-0.4, -0.2) is 67.8 Å². The maximum absolute atomic E-state index is 14.2. The number of anilines is 1. The van der Waals surface area contributed by atoms with Crippen LogP contribution in [0.4, 0.5) is 5.82 Å². The van der Waals surface area contributed by atoms with Crippen molar-refractivity contribution in [2.24, 2.45) is 0 Å². The third-order valence-electron chi connectivity index (χ3n) is 8.55. The van der Waals surface area contributed by atoms with Gasteiger partial charge in [-0.25, -0.2) is 14.1 Å². The highest BCUT2D eigenvalue weighted by molar-refractivity contribution is 7.52. The number of hydrogen-bond donors (Lipinski definition) is 4. The molecule has 3 aromatic rings. The van der Waals surface area contributed by atoms with Crippen LogP contribution < -0.4 is 15.3 Å². The molecule has 0 bridgehead atoms. The third kappa shape index (κ3) is 7.19. The summed E-state index contributed by atoms with van der Waals surface area (Å²) in [6.07, 6.45) is 1.81. The summed E-state index contributed by atoms with van der Waals surface area (Å²) in [6, 6.07) is 9.42. The molecule has 45 heavy (non-hydrogen) atoms. The number of fused-ring (bicyclic) bond motifs is 1. The minimum Gasteiger partial charge on any atom is -0.461 e. The number of aliphatic hydroxyl groups excluding tert-OH is 2. The van der Waals surface area contributed by atoms with Gasteiger partial charge in [0.2, 0.25) is 0 Å². The van der Waals surface area contributed by atoms with Gasteiger partial charge in [0.05, 0.1) is 12.3 Å². The van der Waals surface area contributed by atoms with Crippen LogP contribution in [0.1, 0.15) is 78.0 Å². The molecule has 1 aliphatic carbocycles. The second kappa shape index (κ2) is 13.0. The summed E-state index contributed by atoms with van der Waals surface area (Å²) in [5.41, 5.74) is 6.41. The molecule has 246 valence electrons. The van der Waals surface area contributed by atoms with Crippen LogP contribution in [0.3, 0.4) is 0 Å². The fraction of sp³-hybridized carbons (Fsp3) is 0.581. The molecule has 1 saturated heterocycles. The predicted octanol–water partition coefficient (Wildman–Crippen LogP) is 4.00. The maximum Gasteiger partial charge on any atom is 0.459 e. The van der Waals surface area contributed by atoms with Gasteiger partial charge >= 0.3 is 13.7 Å². The molecule has 0 amide bonds. The summed E-state index contributed by atoms with van der Waals surface area (Å²) < 4.78 is 39.3. The molecule has 13 nitrogen and oxygen atoms in total. The molecule has 0 spiro atoms.